The average Bonchev–Trinajstić information content (AvgIpc) is 2.99. The van der Waals surface area contributed by atoms with Gasteiger partial charge >= 0.3 is 11.9 Å². The highest BCUT2D eigenvalue weighted by Gasteiger charge is 2.39. The highest BCUT2D eigenvalue weighted by Crippen LogP contribution is 2.25. The number of carbonyl (C=O) groups excluding carboxylic acids is 1. The summed E-state index contributed by atoms with van der Waals surface area (Å²) in [5, 5.41) is 31.5. The fraction of sp³-hybridized carbons (Fsp3) is 0.865. The Morgan fingerprint density at radius 1 is 0.545 bits per heavy atom. The van der Waals surface area contributed by atoms with E-state index < -0.39 is 35.7 Å². The Kier molecular flexibility index (Phi) is 26.2. The average molecular weight is 624 g/mol. The number of carboxylic acid groups (broad SMARTS) is 3. The second-order valence-electron chi connectivity index (χ2n) is 13.3. The van der Waals surface area contributed by atoms with Crippen molar-refractivity contribution in [2.75, 3.05) is 26.2 Å². The maximum atomic E-state index is 12.0. The van der Waals surface area contributed by atoms with Crippen molar-refractivity contribution in [2.24, 2.45) is 17.8 Å². The summed E-state index contributed by atoms with van der Waals surface area (Å²) in [4.78, 5) is 35.9. The van der Waals surface area contributed by atoms with Crippen LogP contribution in [-0.2, 0) is 14.4 Å². The van der Waals surface area contributed by atoms with Crippen molar-refractivity contribution in [1.82, 2.24) is 0 Å². The van der Waals surface area contributed by atoms with Gasteiger partial charge in [0.05, 0.1) is 32.1 Å². The molecule has 0 spiro atoms. The van der Waals surface area contributed by atoms with E-state index in [1.807, 2.05) is 13.8 Å². The minimum absolute atomic E-state index is 0.219. The van der Waals surface area contributed by atoms with Crippen molar-refractivity contribution < 1.29 is 34.2 Å². The van der Waals surface area contributed by atoms with Crippen LogP contribution in [0.25, 0.3) is 0 Å². The molecule has 0 fully saturated rings. The van der Waals surface area contributed by atoms with E-state index in [1.54, 1.807) is 6.92 Å². The zero-order chi connectivity index (χ0) is 33.1. The molecule has 0 aliphatic carbocycles. The summed E-state index contributed by atoms with van der Waals surface area (Å²) in [5.41, 5.74) is 0. The van der Waals surface area contributed by atoms with E-state index >= 15 is 0 Å². The Morgan fingerprint density at radius 3 is 1.23 bits per heavy atom. The monoisotopic (exact) mass is 624 g/mol. The summed E-state index contributed by atoms with van der Waals surface area (Å²) in [6, 6.07) is 0. The van der Waals surface area contributed by atoms with Crippen molar-refractivity contribution in [1.29, 1.82) is 0 Å². The van der Waals surface area contributed by atoms with Crippen molar-refractivity contribution in [3.63, 3.8) is 0 Å². The fourth-order valence-corrected chi connectivity index (χ4v) is 6.44. The minimum atomic E-state index is -1.14. The van der Waals surface area contributed by atoms with Crippen LogP contribution in [-0.4, -0.2) is 58.8 Å². The quantitative estimate of drug-likeness (QED) is 0.0442. The molecule has 0 saturated carbocycles. The summed E-state index contributed by atoms with van der Waals surface area (Å²) >= 11 is 0. The number of carboxylic acids is 3. The molecule has 0 aromatic heterocycles. The van der Waals surface area contributed by atoms with Crippen molar-refractivity contribution >= 4 is 17.9 Å². The van der Waals surface area contributed by atoms with E-state index in [0.717, 1.165) is 25.7 Å². The molecule has 0 heterocycles. The van der Waals surface area contributed by atoms with E-state index in [0.29, 0.717) is 25.8 Å². The van der Waals surface area contributed by atoms with Crippen molar-refractivity contribution in [3.05, 3.63) is 12.2 Å². The third kappa shape index (κ3) is 21.0. The molecule has 3 unspecified atom stereocenters. The lowest BCUT2D eigenvalue weighted by Gasteiger charge is -2.44. The zero-order valence-electron chi connectivity index (χ0n) is 29.0. The van der Waals surface area contributed by atoms with Gasteiger partial charge in [-0.15, -0.1) is 0 Å². The molecule has 0 aliphatic rings. The molecular formula is C37H69NO6. The number of aliphatic carboxylic acids is 3. The molecule has 3 atom stereocenters. The Hall–Kier alpha value is -1.89. The molecule has 0 bridgehead atoms. The fourth-order valence-electron chi connectivity index (χ4n) is 6.44. The number of hydrogen-bond donors (Lipinski definition) is 2. The lowest BCUT2D eigenvalue weighted by Crippen LogP contribution is -2.59. The van der Waals surface area contributed by atoms with E-state index in [1.165, 1.54) is 89.9 Å². The van der Waals surface area contributed by atoms with Crippen LogP contribution < -0.4 is 5.11 Å². The van der Waals surface area contributed by atoms with Gasteiger partial charge in [-0.1, -0.05) is 117 Å². The standard InChI is InChI=1S/C37H69NO6/c1-5-9-10-11-12-13-14-15-16-17-18-19-20-21-22-23-24-25-26-27-28-38(29-32(6-2)35(39)40,30-33(7-3)36(41)42)31-34(8-4)37(43)44/h15-16,32-34H,5-14,17-31H2,1-4H3,(H2-,39,40,41,42,43,44)/b16-15+. The molecular weight excluding hydrogens is 554 g/mol. The van der Waals surface area contributed by atoms with Crippen LogP contribution in [0.15, 0.2) is 12.2 Å². The van der Waals surface area contributed by atoms with Crippen LogP contribution in [0.4, 0.5) is 0 Å². The van der Waals surface area contributed by atoms with Gasteiger partial charge in [0.2, 0.25) is 0 Å². The Labute approximate surface area is 270 Å². The zero-order valence-corrected chi connectivity index (χ0v) is 29.0. The van der Waals surface area contributed by atoms with Gasteiger partial charge < -0.3 is 24.6 Å². The number of hydrogen-bond acceptors (Lipinski definition) is 4. The maximum absolute atomic E-state index is 12.0. The summed E-state index contributed by atoms with van der Waals surface area (Å²) < 4.78 is 0.219. The molecule has 0 radical (unpaired) electrons. The van der Waals surface area contributed by atoms with Crippen LogP contribution in [0.5, 0.6) is 0 Å². The van der Waals surface area contributed by atoms with Gasteiger partial charge in [-0.25, -0.2) is 0 Å². The van der Waals surface area contributed by atoms with Crippen LogP contribution in [0.2, 0.25) is 0 Å². The Bertz CT molecular complexity index is 707. The predicted molar refractivity (Wildman–Crippen MR) is 179 cm³/mol. The summed E-state index contributed by atoms with van der Waals surface area (Å²) in [6.07, 6.45) is 28.3. The first-order valence-corrected chi connectivity index (χ1v) is 18.3. The first-order valence-electron chi connectivity index (χ1n) is 18.3. The number of nitrogens with zero attached hydrogens (tertiary/aromatic N) is 1. The molecule has 258 valence electrons. The smallest absolute Gasteiger partial charge is 0.312 e. The van der Waals surface area contributed by atoms with Crippen LogP contribution >= 0.6 is 0 Å². The summed E-state index contributed by atoms with van der Waals surface area (Å²) in [7, 11) is 0. The molecule has 0 aromatic carbocycles. The maximum Gasteiger partial charge on any atom is 0.312 e. The van der Waals surface area contributed by atoms with Crippen LogP contribution in [0.1, 0.15) is 163 Å². The molecule has 0 aliphatic heterocycles. The van der Waals surface area contributed by atoms with E-state index in [2.05, 4.69) is 19.1 Å². The SMILES string of the molecule is CCCCCCCC/C=C/CCCCCCCCCCCC[N+](CC(CC)C(=O)[O-])(CC(CC)C(=O)O)CC(CC)C(=O)O. The number of allylic oxidation sites excluding steroid dienone is 2. The number of carbonyl (C=O) groups is 3. The molecule has 2 N–H and O–H groups in total. The third-order valence-electron chi connectivity index (χ3n) is 9.48. The van der Waals surface area contributed by atoms with E-state index in [4.69, 9.17) is 0 Å². The molecule has 0 amide bonds. The highest BCUT2D eigenvalue weighted by atomic mass is 16.4. The highest BCUT2D eigenvalue weighted by molar-refractivity contribution is 5.70. The molecule has 44 heavy (non-hydrogen) atoms. The molecule has 7 nitrogen and oxygen atoms in total. The largest absolute Gasteiger partial charge is 0.550 e. The van der Waals surface area contributed by atoms with Gasteiger partial charge in [0, 0.05) is 5.92 Å². The molecule has 0 rings (SSSR count). The number of rotatable bonds is 32. The van der Waals surface area contributed by atoms with Gasteiger partial charge in [0.1, 0.15) is 11.8 Å². The second kappa shape index (κ2) is 27.4. The Morgan fingerprint density at radius 2 is 0.886 bits per heavy atom. The van der Waals surface area contributed by atoms with Crippen molar-refractivity contribution in [3.8, 4) is 0 Å². The number of quaternary nitrogens is 1. The minimum Gasteiger partial charge on any atom is -0.550 e. The first kappa shape index (κ1) is 42.1. The molecule has 0 aromatic rings. The van der Waals surface area contributed by atoms with Gasteiger partial charge in [-0.3, -0.25) is 9.59 Å². The van der Waals surface area contributed by atoms with Gasteiger partial charge in [-0.2, -0.15) is 0 Å². The van der Waals surface area contributed by atoms with Crippen molar-refractivity contribution in [2.45, 2.75) is 163 Å². The lowest BCUT2D eigenvalue weighted by atomic mass is 9.95. The Balaban J connectivity index is 4.57. The van der Waals surface area contributed by atoms with Gasteiger partial charge in [-0.05, 0) is 57.8 Å². The summed E-state index contributed by atoms with van der Waals surface area (Å²) in [5.74, 6) is -4.95. The topological polar surface area (TPSA) is 115 Å². The number of unbranched alkanes of at least 4 members (excludes halogenated alkanes) is 16. The molecule has 0 saturated heterocycles. The van der Waals surface area contributed by atoms with E-state index in [9.17, 15) is 29.7 Å². The normalized spacial score (nSPS) is 15.2. The van der Waals surface area contributed by atoms with Gasteiger partial charge in [0.15, 0.2) is 0 Å². The second-order valence-corrected chi connectivity index (χ2v) is 13.3. The predicted octanol–water partition coefficient (Wildman–Crippen LogP) is 8.40. The first-order chi connectivity index (χ1) is 21.2. The third-order valence-corrected chi connectivity index (χ3v) is 9.48. The molecule has 7 heteroatoms. The van der Waals surface area contributed by atoms with Crippen LogP contribution in [0.3, 0.4) is 0 Å². The van der Waals surface area contributed by atoms with Gasteiger partial charge in [0.25, 0.3) is 0 Å². The van der Waals surface area contributed by atoms with E-state index in [-0.39, 0.29) is 24.1 Å². The summed E-state index contributed by atoms with van der Waals surface area (Å²) in [6.45, 7) is 9.05. The lowest BCUT2D eigenvalue weighted by molar-refractivity contribution is -0.935. The van der Waals surface area contributed by atoms with Crippen LogP contribution in [0, 0.1) is 17.8 Å².